The van der Waals surface area contributed by atoms with E-state index in [0.29, 0.717) is 12.1 Å². The highest BCUT2D eigenvalue weighted by Crippen LogP contribution is 2.29. The fourth-order valence-electron chi connectivity index (χ4n) is 2.57. The molecule has 3 rings (SSSR count). The van der Waals surface area contributed by atoms with Gasteiger partial charge in [0.15, 0.2) is 11.5 Å². The predicted octanol–water partition coefficient (Wildman–Crippen LogP) is 2.72. The molecule has 1 unspecified atom stereocenters. The van der Waals surface area contributed by atoms with Gasteiger partial charge < -0.3 is 5.32 Å². The molecule has 8 heteroatoms. The van der Waals surface area contributed by atoms with E-state index in [1.54, 1.807) is 0 Å². The average Bonchev–Trinajstić information content (AvgIpc) is 2.95. The molecule has 1 atom stereocenters. The first-order valence-electron chi connectivity index (χ1n) is 7.29. The number of fused-ring (bicyclic) bond motifs is 1. The summed E-state index contributed by atoms with van der Waals surface area (Å²) in [5.74, 6) is 0.0637. The van der Waals surface area contributed by atoms with Gasteiger partial charge in [-0.3, -0.25) is 9.20 Å². The molecular formula is C15H15F3N4O. The Morgan fingerprint density at radius 3 is 2.83 bits per heavy atom. The van der Waals surface area contributed by atoms with E-state index in [1.807, 2.05) is 12.2 Å². The number of amides is 1. The zero-order chi connectivity index (χ0) is 16.4. The van der Waals surface area contributed by atoms with Gasteiger partial charge in [0.25, 0.3) is 0 Å². The summed E-state index contributed by atoms with van der Waals surface area (Å²) < 4.78 is 39.6. The van der Waals surface area contributed by atoms with Crippen LogP contribution in [0.25, 0.3) is 5.65 Å². The van der Waals surface area contributed by atoms with Crippen LogP contribution in [-0.2, 0) is 17.5 Å². The summed E-state index contributed by atoms with van der Waals surface area (Å²) >= 11 is 0. The number of carbonyl (C=O) groups is 1. The third-order valence-electron chi connectivity index (χ3n) is 3.86. The number of nitrogens with zero attached hydrogens (tertiary/aromatic N) is 3. The average molecular weight is 324 g/mol. The maximum atomic E-state index is 12.8. The van der Waals surface area contributed by atoms with Crippen LogP contribution >= 0.6 is 0 Å². The lowest BCUT2D eigenvalue weighted by molar-refractivity contribution is -0.137. The van der Waals surface area contributed by atoms with Crippen molar-refractivity contribution in [1.29, 1.82) is 0 Å². The highest BCUT2D eigenvalue weighted by molar-refractivity contribution is 5.78. The van der Waals surface area contributed by atoms with Gasteiger partial charge in [0.2, 0.25) is 5.91 Å². The standard InChI is InChI=1S/C15H15F3N4O/c16-15(17,18)11-6-7-12-20-21-13(22(12)9-11)8-19-14(23)10-4-2-1-3-5-10/h1-2,6-7,9-10H,3-5,8H2,(H,19,23). The molecule has 0 radical (unpaired) electrons. The SMILES string of the molecule is O=C(NCc1nnc2ccc(C(F)(F)F)cn12)C1CC=CCC1. The highest BCUT2D eigenvalue weighted by atomic mass is 19.4. The molecule has 0 fully saturated rings. The molecule has 0 spiro atoms. The largest absolute Gasteiger partial charge is 0.417 e. The number of hydrogen-bond donors (Lipinski definition) is 1. The van der Waals surface area contributed by atoms with Crippen LogP contribution in [0.3, 0.4) is 0 Å². The van der Waals surface area contributed by atoms with Crippen molar-refractivity contribution in [2.75, 3.05) is 0 Å². The Balaban J connectivity index is 1.75. The molecule has 0 saturated heterocycles. The van der Waals surface area contributed by atoms with E-state index in [4.69, 9.17) is 0 Å². The van der Waals surface area contributed by atoms with Crippen LogP contribution in [0.4, 0.5) is 13.2 Å². The fourth-order valence-corrected chi connectivity index (χ4v) is 2.57. The first kappa shape index (κ1) is 15.5. The van der Waals surface area contributed by atoms with E-state index in [1.165, 1.54) is 10.5 Å². The maximum absolute atomic E-state index is 12.8. The summed E-state index contributed by atoms with van der Waals surface area (Å²) in [5, 5.41) is 10.4. The van der Waals surface area contributed by atoms with Crippen molar-refractivity contribution in [1.82, 2.24) is 19.9 Å². The fraction of sp³-hybridized carbons (Fsp3) is 0.400. The number of carbonyl (C=O) groups excluding carboxylic acids is 1. The van der Waals surface area contributed by atoms with E-state index in [2.05, 4.69) is 15.5 Å². The smallest absolute Gasteiger partial charge is 0.349 e. The summed E-state index contributed by atoms with van der Waals surface area (Å²) in [6, 6.07) is 2.22. The van der Waals surface area contributed by atoms with Gasteiger partial charge in [-0.25, -0.2) is 0 Å². The quantitative estimate of drug-likeness (QED) is 0.883. The molecule has 5 nitrogen and oxygen atoms in total. The molecule has 0 aliphatic heterocycles. The van der Waals surface area contributed by atoms with Crippen LogP contribution in [0.1, 0.15) is 30.7 Å². The Hall–Kier alpha value is -2.38. The molecule has 1 N–H and O–H groups in total. The second kappa shape index (κ2) is 6.02. The minimum absolute atomic E-state index is 0.0432. The Kier molecular flexibility index (Phi) is 4.06. The van der Waals surface area contributed by atoms with Crippen molar-refractivity contribution < 1.29 is 18.0 Å². The van der Waals surface area contributed by atoms with Gasteiger partial charge in [-0.05, 0) is 31.4 Å². The van der Waals surface area contributed by atoms with E-state index >= 15 is 0 Å². The normalized spacial score (nSPS) is 18.3. The Bertz CT molecular complexity index is 751. The number of allylic oxidation sites excluding steroid dienone is 2. The van der Waals surface area contributed by atoms with E-state index in [0.717, 1.165) is 25.1 Å². The van der Waals surface area contributed by atoms with Gasteiger partial charge in [0.1, 0.15) is 0 Å². The van der Waals surface area contributed by atoms with Gasteiger partial charge >= 0.3 is 6.18 Å². The molecule has 2 aromatic heterocycles. The molecule has 0 aromatic carbocycles. The van der Waals surface area contributed by atoms with Gasteiger partial charge in [-0.2, -0.15) is 13.2 Å². The predicted molar refractivity (Wildman–Crippen MR) is 76.3 cm³/mol. The molecule has 0 bridgehead atoms. The van der Waals surface area contributed by atoms with Gasteiger partial charge in [0.05, 0.1) is 12.1 Å². The van der Waals surface area contributed by atoms with Crippen LogP contribution in [0.15, 0.2) is 30.5 Å². The molecule has 1 amide bonds. The van der Waals surface area contributed by atoms with Crippen LogP contribution < -0.4 is 5.32 Å². The second-order valence-electron chi connectivity index (χ2n) is 5.46. The Morgan fingerprint density at radius 1 is 1.30 bits per heavy atom. The molecular weight excluding hydrogens is 309 g/mol. The van der Waals surface area contributed by atoms with Crippen molar-refractivity contribution in [2.24, 2.45) is 5.92 Å². The molecule has 23 heavy (non-hydrogen) atoms. The molecule has 2 heterocycles. The van der Waals surface area contributed by atoms with Crippen LogP contribution in [0, 0.1) is 5.92 Å². The van der Waals surface area contributed by atoms with E-state index in [-0.39, 0.29) is 24.2 Å². The van der Waals surface area contributed by atoms with Crippen molar-refractivity contribution >= 4 is 11.6 Å². The lowest BCUT2D eigenvalue weighted by atomic mass is 9.94. The number of alkyl halides is 3. The summed E-state index contributed by atoms with van der Waals surface area (Å²) in [4.78, 5) is 12.1. The first-order valence-corrected chi connectivity index (χ1v) is 7.29. The van der Waals surface area contributed by atoms with Crippen molar-refractivity contribution in [3.05, 3.63) is 41.9 Å². The second-order valence-corrected chi connectivity index (χ2v) is 5.46. The van der Waals surface area contributed by atoms with E-state index in [9.17, 15) is 18.0 Å². The first-order chi connectivity index (χ1) is 10.9. The minimum atomic E-state index is -4.44. The molecule has 1 aliphatic carbocycles. The van der Waals surface area contributed by atoms with Gasteiger partial charge in [-0.15, -0.1) is 10.2 Å². The summed E-state index contributed by atoms with van der Waals surface area (Å²) in [6.07, 6.45) is 2.84. The number of pyridine rings is 1. The molecule has 2 aromatic rings. The number of nitrogens with one attached hydrogen (secondary N) is 1. The van der Waals surface area contributed by atoms with E-state index < -0.39 is 11.7 Å². The molecule has 0 saturated carbocycles. The number of hydrogen-bond acceptors (Lipinski definition) is 3. The number of rotatable bonds is 3. The molecule has 122 valence electrons. The van der Waals surface area contributed by atoms with Crippen LogP contribution in [0.2, 0.25) is 0 Å². The van der Waals surface area contributed by atoms with Gasteiger partial charge in [-0.1, -0.05) is 12.2 Å². The van der Waals surface area contributed by atoms with Crippen molar-refractivity contribution in [3.63, 3.8) is 0 Å². The highest BCUT2D eigenvalue weighted by Gasteiger charge is 2.31. The number of aromatic nitrogens is 3. The third kappa shape index (κ3) is 3.35. The lowest BCUT2D eigenvalue weighted by Gasteiger charge is -2.16. The topological polar surface area (TPSA) is 59.3 Å². The zero-order valence-electron chi connectivity index (χ0n) is 12.2. The Morgan fingerprint density at radius 2 is 2.13 bits per heavy atom. The van der Waals surface area contributed by atoms with Crippen molar-refractivity contribution in [2.45, 2.75) is 32.0 Å². The van der Waals surface area contributed by atoms with Gasteiger partial charge in [0, 0.05) is 12.1 Å². The molecule has 1 aliphatic rings. The minimum Gasteiger partial charge on any atom is -0.349 e. The summed E-state index contributed by atoms with van der Waals surface area (Å²) in [5.41, 5.74) is -0.474. The third-order valence-corrected chi connectivity index (χ3v) is 3.86. The van der Waals surface area contributed by atoms with Crippen LogP contribution in [-0.4, -0.2) is 20.5 Å². The summed E-state index contributed by atoms with van der Waals surface area (Å²) in [7, 11) is 0. The summed E-state index contributed by atoms with van der Waals surface area (Å²) in [6.45, 7) is 0.0432. The zero-order valence-corrected chi connectivity index (χ0v) is 12.2. The van der Waals surface area contributed by atoms with Crippen molar-refractivity contribution in [3.8, 4) is 0 Å². The van der Waals surface area contributed by atoms with Crippen LogP contribution in [0.5, 0.6) is 0 Å². The number of halogens is 3. The Labute approximate surface area is 130 Å². The maximum Gasteiger partial charge on any atom is 0.417 e. The lowest BCUT2D eigenvalue weighted by Crippen LogP contribution is -2.31. The monoisotopic (exact) mass is 324 g/mol.